The molecule has 2 aromatic carbocycles. The van der Waals surface area contributed by atoms with Crippen molar-refractivity contribution in [2.24, 2.45) is 0 Å². The monoisotopic (exact) mass is 350 g/mol. The Morgan fingerprint density at radius 2 is 1.92 bits per heavy atom. The maximum absolute atomic E-state index is 12.4. The van der Waals surface area contributed by atoms with Crippen molar-refractivity contribution in [2.45, 2.75) is 19.8 Å². The van der Waals surface area contributed by atoms with Crippen molar-refractivity contribution in [3.8, 4) is 17.6 Å². The van der Waals surface area contributed by atoms with Crippen LogP contribution in [0.25, 0.3) is 6.08 Å². The Hall–Kier alpha value is -3.26. The van der Waals surface area contributed by atoms with Gasteiger partial charge in [0.25, 0.3) is 5.91 Å². The highest BCUT2D eigenvalue weighted by Crippen LogP contribution is 2.24. The number of unbranched alkanes of at least 4 members (excludes halogenated alkanes) is 1. The van der Waals surface area contributed by atoms with Crippen LogP contribution in [0.2, 0.25) is 0 Å². The van der Waals surface area contributed by atoms with E-state index in [0.717, 1.165) is 24.2 Å². The average molecular weight is 350 g/mol. The highest BCUT2D eigenvalue weighted by molar-refractivity contribution is 6.10. The van der Waals surface area contributed by atoms with Crippen LogP contribution in [-0.4, -0.2) is 19.6 Å². The number of methoxy groups -OCH3 is 1. The predicted octanol–water partition coefficient (Wildman–Crippen LogP) is 4.42. The van der Waals surface area contributed by atoms with Crippen molar-refractivity contribution in [1.82, 2.24) is 0 Å². The Labute approximate surface area is 153 Å². The van der Waals surface area contributed by atoms with E-state index < -0.39 is 5.91 Å². The van der Waals surface area contributed by atoms with Crippen molar-refractivity contribution in [1.29, 1.82) is 5.26 Å². The molecule has 2 aromatic rings. The van der Waals surface area contributed by atoms with Crippen molar-refractivity contribution < 1.29 is 14.3 Å². The van der Waals surface area contributed by atoms with Gasteiger partial charge in [-0.05, 0) is 42.3 Å². The number of hydrogen-bond donors (Lipinski definition) is 1. The molecule has 0 heterocycles. The quantitative estimate of drug-likeness (QED) is 0.434. The molecule has 0 bridgehead atoms. The number of nitrogens with one attached hydrogen (secondary N) is 1. The van der Waals surface area contributed by atoms with Crippen LogP contribution in [0.5, 0.6) is 11.5 Å². The molecule has 1 amide bonds. The maximum Gasteiger partial charge on any atom is 0.266 e. The zero-order valence-electron chi connectivity index (χ0n) is 15.0. The SMILES string of the molecule is CCCCOc1ccc(/C=C(\C#N)C(=O)Nc2ccccc2OC)cc1. The lowest BCUT2D eigenvalue weighted by molar-refractivity contribution is -0.112. The summed E-state index contributed by atoms with van der Waals surface area (Å²) in [5, 5.41) is 12.0. The van der Waals surface area contributed by atoms with Gasteiger partial charge in [0.05, 0.1) is 19.4 Å². The van der Waals surface area contributed by atoms with E-state index in [0.29, 0.717) is 18.0 Å². The molecule has 5 heteroatoms. The summed E-state index contributed by atoms with van der Waals surface area (Å²) in [6.45, 7) is 2.78. The number of carbonyl (C=O) groups is 1. The van der Waals surface area contributed by atoms with Crippen molar-refractivity contribution in [3.05, 3.63) is 59.7 Å². The second-order valence-electron chi connectivity index (χ2n) is 5.60. The third kappa shape index (κ3) is 5.38. The second kappa shape index (κ2) is 9.90. The number of amides is 1. The van der Waals surface area contributed by atoms with Gasteiger partial charge in [0.1, 0.15) is 23.1 Å². The second-order valence-corrected chi connectivity index (χ2v) is 5.60. The Balaban J connectivity index is 2.09. The lowest BCUT2D eigenvalue weighted by Crippen LogP contribution is -2.14. The van der Waals surface area contributed by atoms with Crippen LogP contribution >= 0.6 is 0 Å². The summed E-state index contributed by atoms with van der Waals surface area (Å²) in [6, 6.07) is 16.3. The fourth-order valence-electron chi connectivity index (χ4n) is 2.25. The topological polar surface area (TPSA) is 71.3 Å². The Morgan fingerprint density at radius 1 is 1.19 bits per heavy atom. The number of para-hydroxylation sites is 2. The van der Waals surface area contributed by atoms with Gasteiger partial charge in [0.2, 0.25) is 0 Å². The van der Waals surface area contributed by atoms with Crippen LogP contribution in [0.15, 0.2) is 54.1 Å². The highest BCUT2D eigenvalue weighted by Gasteiger charge is 2.12. The van der Waals surface area contributed by atoms with E-state index in [2.05, 4.69) is 12.2 Å². The molecular weight excluding hydrogens is 328 g/mol. The summed E-state index contributed by atoms with van der Waals surface area (Å²) < 4.78 is 10.8. The van der Waals surface area contributed by atoms with Crippen LogP contribution < -0.4 is 14.8 Å². The summed E-state index contributed by atoms with van der Waals surface area (Å²) in [5.41, 5.74) is 1.27. The number of ether oxygens (including phenoxy) is 2. The van der Waals surface area contributed by atoms with Crippen molar-refractivity contribution in [2.75, 3.05) is 19.0 Å². The van der Waals surface area contributed by atoms with E-state index in [-0.39, 0.29) is 5.57 Å². The molecule has 2 rings (SSSR count). The zero-order valence-corrected chi connectivity index (χ0v) is 15.0. The van der Waals surface area contributed by atoms with Crippen LogP contribution in [0.4, 0.5) is 5.69 Å². The molecule has 1 N–H and O–H groups in total. The number of hydrogen-bond acceptors (Lipinski definition) is 4. The molecule has 0 fully saturated rings. The third-order valence-corrected chi connectivity index (χ3v) is 3.68. The summed E-state index contributed by atoms with van der Waals surface area (Å²) in [4.78, 5) is 12.4. The minimum Gasteiger partial charge on any atom is -0.495 e. The van der Waals surface area contributed by atoms with E-state index in [9.17, 15) is 10.1 Å². The van der Waals surface area contributed by atoms with Crippen LogP contribution in [-0.2, 0) is 4.79 Å². The molecule has 0 aliphatic carbocycles. The number of carbonyl (C=O) groups excluding carboxylic acids is 1. The molecule has 0 aromatic heterocycles. The molecule has 0 unspecified atom stereocenters. The number of anilines is 1. The highest BCUT2D eigenvalue weighted by atomic mass is 16.5. The molecule has 26 heavy (non-hydrogen) atoms. The van der Waals surface area contributed by atoms with Crippen molar-refractivity contribution >= 4 is 17.7 Å². The van der Waals surface area contributed by atoms with E-state index in [1.54, 1.807) is 30.3 Å². The number of nitrogens with zero attached hydrogens (tertiary/aromatic N) is 1. The number of rotatable bonds is 8. The molecule has 0 atom stereocenters. The van der Waals surface area contributed by atoms with Gasteiger partial charge in [-0.15, -0.1) is 0 Å². The molecule has 134 valence electrons. The molecule has 0 spiro atoms. The van der Waals surface area contributed by atoms with Crippen LogP contribution in [0.1, 0.15) is 25.3 Å². The Morgan fingerprint density at radius 3 is 2.58 bits per heavy atom. The Kier molecular flexibility index (Phi) is 7.26. The molecular formula is C21H22N2O3. The first-order valence-electron chi connectivity index (χ1n) is 8.47. The molecule has 0 saturated heterocycles. The normalized spacial score (nSPS) is 10.7. The first-order chi connectivity index (χ1) is 12.7. The van der Waals surface area contributed by atoms with Gasteiger partial charge in [-0.2, -0.15) is 5.26 Å². The van der Waals surface area contributed by atoms with Gasteiger partial charge in [0.15, 0.2) is 0 Å². The van der Waals surface area contributed by atoms with Gasteiger partial charge in [-0.1, -0.05) is 37.6 Å². The molecule has 0 saturated carbocycles. The van der Waals surface area contributed by atoms with Gasteiger partial charge >= 0.3 is 0 Å². The van der Waals surface area contributed by atoms with Crippen LogP contribution in [0.3, 0.4) is 0 Å². The molecule has 0 aliphatic heterocycles. The molecule has 5 nitrogen and oxygen atoms in total. The lowest BCUT2D eigenvalue weighted by atomic mass is 10.1. The minimum absolute atomic E-state index is 0.00978. The summed E-state index contributed by atoms with van der Waals surface area (Å²) in [5.74, 6) is 0.819. The average Bonchev–Trinajstić information content (AvgIpc) is 2.67. The Bertz CT molecular complexity index is 805. The third-order valence-electron chi connectivity index (χ3n) is 3.68. The standard InChI is InChI=1S/C21H22N2O3/c1-3-4-13-26-18-11-9-16(10-12-18)14-17(15-22)21(24)23-19-7-5-6-8-20(19)25-2/h5-12,14H,3-4,13H2,1-2H3,(H,23,24)/b17-14+. The fraction of sp³-hybridized carbons (Fsp3) is 0.238. The van der Waals surface area contributed by atoms with Gasteiger partial charge in [-0.25, -0.2) is 0 Å². The van der Waals surface area contributed by atoms with Gasteiger partial charge < -0.3 is 14.8 Å². The summed E-state index contributed by atoms with van der Waals surface area (Å²) in [7, 11) is 1.52. The summed E-state index contributed by atoms with van der Waals surface area (Å²) >= 11 is 0. The maximum atomic E-state index is 12.4. The first-order valence-corrected chi connectivity index (χ1v) is 8.47. The zero-order chi connectivity index (χ0) is 18.8. The fourth-order valence-corrected chi connectivity index (χ4v) is 2.25. The van der Waals surface area contributed by atoms with Crippen molar-refractivity contribution in [3.63, 3.8) is 0 Å². The largest absolute Gasteiger partial charge is 0.495 e. The van der Waals surface area contributed by atoms with Gasteiger partial charge in [-0.3, -0.25) is 4.79 Å². The van der Waals surface area contributed by atoms with Crippen LogP contribution in [0, 0.1) is 11.3 Å². The van der Waals surface area contributed by atoms with E-state index in [1.165, 1.54) is 7.11 Å². The predicted molar refractivity (Wildman–Crippen MR) is 102 cm³/mol. The number of nitriles is 1. The minimum atomic E-state index is -0.486. The smallest absolute Gasteiger partial charge is 0.266 e. The van der Waals surface area contributed by atoms with E-state index >= 15 is 0 Å². The van der Waals surface area contributed by atoms with Gasteiger partial charge in [0, 0.05) is 0 Å². The molecule has 0 radical (unpaired) electrons. The summed E-state index contributed by atoms with van der Waals surface area (Å²) in [6.07, 6.45) is 3.62. The van der Waals surface area contributed by atoms with E-state index in [1.807, 2.05) is 30.3 Å². The number of benzene rings is 2. The molecule has 0 aliphatic rings. The lowest BCUT2D eigenvalue weighted by Gasteiger charge is -2.09. The first kappa shape index (κ1) is 19.1. The van der Waals surface area contributed by atoms with E-state index in [4.69, 9.17) is 9.47 Å².